The molecule has 1 rings (SSSR count). The molecule has 3 heteroatoms. The number of rotatable bonds is 6. The van der Waals surface area contributed by atoms with Gasteiger partial charge in [-0.25, -0.2) is 0 Å². The molecule has 0 saturated heterocycles. The van der Waals surface area contributed by atoms with Crippen LogP contribution in [-0.4, -0.2) is 24.9 Å². The molecule has 3 N–H and O–H groups in total. The van der Waals surface area contributed by atoms with E-state index in [1.807, 2.05) is 19.1 Å². The van der Waals surface area contributed by atoms with Crippen LogP contribution >= 0.6 is 0 Å². The predicted octanol–water partition coefficient (Wildman–Crippen LogP) is 1.65. The quantitative estimate of drug-likeness (QED) is 0.771. The smallest absolute Gasteiger partial charge is 0.0713 e. The summed E-state index contributed by atoms with van der Waals surface area (Å²) in [4.78, 5) is 0. The fourth-order valence-electron chi connectivity index (χ4n) is 1.95. The van der Waals surface area contributed by atoms with Crippen molar-refractivity contribution in [2.75, 3.05) is 13.7 Å². The second-order valence-corrected chi connectivity index (χ2v) is 4.16. The van der Waals surface area contributed by atoms with Gasteiger partial charge in [-0.2, -0.15) is 0 Å². The third-order valence-corrected chi connectivity index (χ3v) is 2.76. The molecule has 0 spiro atoms. The molecule has 0 aliphatic rings. The summed E-state index contributed by atoms with van der Waals surface area (Å²) in [5, 5.41) is 9.04. The minimum Gasteiger partial charge on any atom is -0.396 e. The van der Waals surface area contributed by atoms with Gasteiger partial charge in [0.15, 0.2) is 0 Å². The lowest BCUT2D eigenvalue weighted by Gasteiger charge is -2.20. The Morgan fingerprint density at radius 1 is 1.44 bits per heavy atom. The highest BCUT2D eigenvalue weighted by atomic mass is 16.5. The van der Waals surface area contributed by atoms with Crippen LogP contribution < -0.4 is 5.73 Å². The Morgan fingerprint density at radius 3 is 2.75 bits per heavy atom. The van der Waals surface area contributed by atoms with Crippen LogP contribution in [0.5, 0.6) is 0 Å². The third-order valence-electron chi connectivity index (χ3n) is 2.76. The summed E-state index contributed by atoms with van der Waals surface area (Å²) >= 11 is 0. The highest BCUT2D eigenvalue weighted by Gasteiger charge is 2.15. The second-order valence-electron chi connectivity index (χ2n) is 4.16. The van der Waals surface area contributed by atoms with Gasteiger partial charge in [0.1, 0.15) is 0 Å². The highest BCUT2D eigenvalue weighted by Crippen LogP contribution is 2.23. The summed E-state index contributed by atoms with van der Waals surface area (Å²) in [5.74, 6) is 0.210. The van der Waals surface area contributed by atoms with Crippen molar-refractivity contribution in [2.45, 2.75) is 31.9 Å². The Kier molecular flexibility index (Phi) is 5.46. The number of aliphatic hydroxyl groups is 1. The number of benzene rings is 1. The SMILES string of the molecule is COCc1cccc(C(CCO)C(C)N)c1. The third kappa shape index (κ3) is 3.59. The second kappa shape index (κ2) is 6.63. The van der Waals surface area contributed by atoms with Gasteiger partial charge < -0.3 is 15.6 Å². The molecule has 0 aliphatic carbocycles. The molecule has 2 unspecified atom stereocenters. The largest absolute Gasteiger partial charge is 0.396 e. The van der Waals surface area contributed by atoms with Crippen molar-refractivity contribution in [2.24, 2.45) is 5.73 Å². The molecular weight excluding hydrogens is 202 g/mol. The first-order chi connectivity index (χ1) is 7.69. The molecule has 1 aromatic carbocycles. The van der Waals surface area contributed by atoms with Gasteiger partial charge in [-0.15, -0.1) is 0 Å². The Labute approximate surface area is 97.2 Å². The average Bonchev–Trinajstić information content (AvgIpc) is 2.26. The zero-order valence-electron chi connectivity index (χ0n) is 10.0. The summed E-state index contributed by atoms with van der Waals surface area (Å²) in [5.41, 5.74) is 8.26. The normalized spacial score (nSPS) is 14.8. The summed E-state index contributed by atoms with van der Waals surface area (Å²) < 4.78 is 5.10. The van der Waals surface area contributed by atoms with Gasteiger partial charge in [0, 0.05) is 25.7 Å². The minimum absolute atomic E-state index is 0.0462. The Balaban J connectivity index is 2.86. The van der Waals surface area contributed by atoms with Crippen LogP contribution in [0.2, 0.25) is 0 Å². The number of hydrogen-bond acceptors (Lipinski definition) is 3. The van der Waals surface area contributed by atoms with Crippen LogP contribution in [0.25, 0.3) is 0 Å². The molecule has 0 heterocycles. The number of nitrogens with two attached hydrogens (primary N) is 1. The van der Waals surface area contributed by atoms with Crippen LogP contribution in [0, 0.1) is 0 Å². The van der Waals surface area contributed by atoms with Crippen molar-refractivity contribution in [3.8, 4) is 0 Å². The molecule has 3 nitrogen and oxygen atoms in total. The Morgan fingerprint density at radius 2 is 2.19 bits per heavy atom. The maximum absolute atomic E-state index is 9.04. The van der Waals surface area contributed by atoms with Gasteiger partial charge in [0.25, 0.3) is 0 Å². The van der Waals surface area contributed by atoms with Crippen LogP contribution in [0.1, 0.15) is 30.4 Å². The number of aliphatic hydroxyl groups excluding tert-OH is 1. The van der Waals surface area contributed by atoms with Crippen LogP contribution in [0.4, 0.5) is 0 Å². The summed E-state index contributed by atoms with van der Waals surface area (Å²) in [6.45, 7) is 2.75. The van der Waals surface area contributed by atoms with E-state index in [4.69, 9.17) is 15.6 Å². The maximum atomic E-state index is 9.04. The lowest BCUT2D eigenvalue weighted by Crippen LogP contribution is -2.25. The summed E-state index contributed by atoms with van der Waals surface area (Å²) in [6, 6.07) is 8.25. The first-order valence-corrected chi connectivity index (χ1v) is 5.63. The lowest BCUT2D eigenvalue weighted by molar-refractivity contribution is 0.184. The molecule has 0 saturated carbocycles. The van der Waals surface area contributed by atoms with Gasteiger partial charge in [-0.05, 0) is 24.5 Å². The molecule has 1 aromatic rings. The van der Waals surface area contributed by atoms with Crippen molar-refractivity contribution in [1.82, 2.24) is 0 Å². The molecular formula is C13H21NO2. The van der Waals surface area contributed by atoms with Gasteiger partial charge in [0.2, 0.25) is 0 Å². The molecule has 0 aliphatic heterocycles. The zero-order valence-corrected chi connectivity index (χ0v) is 10.0. The molecule has 0 fully saturated rings. The zero-order chi connectivity index (χ0) is 12.0. The lowest BCUT2D eigenvalue weighted by atomic mass is 9.89. The fourth-order valence-corrected chi connectivity index (χ4v) is 1.95. The summed E-state index contributed by atoms with van der Waals surface area (Å²) in [7, 11) is 1.68. The molecule has 16 heavy (non-hydrogen) atoms. The molecule has 0 radical (unpaired) electrons. The average molecular weight is 223 g/mol. The molecule has 2 atom stereocenters. The number of ether oxygens (including phenoxy) is 1. The number of methoxy groups -OCH3 is 1. The Hall–Kier alpha value is -0.900. The van der Waals surface area contributed by atoms with E-state index >= 15 is 0 Å². The van der Waals surface area contributed by atoms with Crippen molar-refractivity contribution in [1.29, 1.82) is 0 Å². The van der Waals surface area contributed by atoms with E-state index in [0.717, 1.165) is 5.56 Å². The van der Waals surface area contributed by atoms with E-state index in [2.05, 4.69) is 12.1 Å². The van der Waals surface area contributed by atoms with Crippen LogP contribution in [-0.2, 0) is 11.3 Å². The van der Waals surface area contributed by atoms with E-state index in [0.29, 0.717) is 13.0 Å². The van der Waals surface area contributed by atoms with Crippen molar-refractivity contribution in [3.05, 3.63) is 35.4 Å². The first kappa shape index (κ1) is 13.2. The standard InChI is InChI=1S/C13H21NO2/c1-10(14)13(6-7-15)12-5-3-4-11(8-12)9-16-2/h3-5,8,10,13,15H,6-7,9,14H2,1-2H3. The van der Waals surface area contributed by atoms with Crippen LogP contribution in [0.15, 0.2) is 24.3 Å². The maximum Gasteiger partial charge on any atom is 0.0713 e. The highest BCUT2D eigenvalue weighted by molar-refractivity contribution is 5.27. The predicted molar refractivity (Wildman–Crippen MR) is 65.2 cm³/mol. The van der Waals surface area contributed by atoms with E-state index in [1.54, 1.807) is 7.11 Å². The summed E-state index contributed by atoms with van der Waals surface area (Å²) in [6.07, 6.45) is 0.702. The Bertz CT molecular complexity index is 313. The van der Waals surface area contributed by atoms with Gasteiger partial charge in [-0.1, -0.05) is 24.3 Å². The molecule has 0 amide bonds. The van der Waals surface area contributed by atoms with Gasteiger partial charge in [0.05, 0.1) is 6.61 Å². The minimum atomic E-state index is 0.0462. The van der Waals surface area contributed by atoms with E-state index in [9.17, 15) is 0 Å². The fraction of sp³-hybridized carbons (Fsp3) is 0.538. The van der Waals surface area contributed by atoms with Crippen LogP contribution in [0.3, 0.4) is 0 Å². The first-order valence-electron chi connectivity index (χ1n) is 5.63. The topological polar surface area (TPSA) is 55.5 Å². The molecule has 90 valence electrons. The molecule has 0 bridgehead atoms. The van der Waals surface area contributed by atoms with Gasteiger partial charge in [-0.3, -0.25) is 0 Å². The molecule has 0 aromatic heterocycles. The van der Waals surface area contributed by atoms with Gasteiger partial charge >= 0.3 is 0 Å². The van der Waals surface area contributed by atoms with Crippen molar-refractivity contribution < 1.29 is 9.84 Å². The van der Waals surface area contributed by atoms with E-state index in [-0.39, 0.29) is 18.6 Å². The monoisotopic (exact) mass is 223 g/mol. The number of hydrogen-bond donors (Lipinski definition) is 2. The van der Waals surface area contributed by atoms with E-state index < -0.39 is 0 Å². The van der Waals surface area contributed by atoms with Crippen molar-refractivity contribution >= 4 is 0 Å². The van der Waals surface area contributed by atoms with E-state index in [1.165, 1.54) is 5.56 Å². The van der Waals surface area contributed by atoms with Crippen molar-refractivity contribution in [3.63, 3.8) is 0 Å².